The lowest BCUT2D eigenvalue weighted by molar-refractivity contribution is -0.113. The maximum absolute atomic E-state index is 13.0. The van der Waals surface area contributed by atoms with Crippen LogP contribution in [0.4, 0.5) is 0 Å². The first-order chi connectivity index (χ1) is 18.4. The molecule has 0 aliphatic carbocycles. The average Bonchev–Trinajstić information content (AvgIpc) is 3.49. The van der Waals surface area contributed by atoms with Gasteiger partial charge < -0.3 is 14.4 Å². The molecule has 0 bridgehead atoms. The number of amidine groups is 1. The molecular formula is C30H34N4O3S. The number of carbonyl (C=O) groups is 1. The Morgan fingerprint density at radius 2 is 1.89 bits per heavy atom. The number of aryl methyl sites for hydroxylation is 1. The Labute approximate surface area is 228 Å². The van der Waals surface area contributed by atoms with Crippen LogP contribution < -0.4 is 4.74 Å². The fraction of sp³-hybridized carbons (Fsp3) is 0.367. The first kappa shape index (κ1) is 26.3. The number of morpholine rings is 1. The van der Waals surface area contributed by atoms with E-state index in [9.17, 15) is 4.79 Å². The van der Waals surface area contributed by atoms with Crippen molar-refractivity contribution < 1.29 is 14.3 Å². The molecule has 1 fully saturated rings. The van der Waals surface area contributed by atoms with Gasteiger partial charge in [0.05, 0.1) is 29.4 Å². The van der Waals surface area contributed by atoms with Gasteiger partial charge >= 0.3 is 0 Å². The summed E-state index contributed by atoms with van der Waals surface area (Å²) >= 11 is 1.42. The second-order valence-electron chi connectivity index (χ2n) is 9.87. The van der Waals surface area contributed by atoms with Gasteiger partial charge in [0.2, 0.25) is 0 Å². The first-order valence-corrected chi connectivity index (χ1v) is 14.0. The van der Waals surface area contributed by atoms with E-state index in [2.05, 4.69) is 29.8 Å². The molecule has 0 N–H and O–H groups in total. The number of thioether (sulfide) groups is 1. The van der Waals surface area contributed by atoms with Crippen LogP contribution in [0.3, 0.4) is 0 Å². The van der Waals surface area contributed by atoms with Gasteiger partial charge in [-0.05, 0) is 80.9 Å². The summed E-state index contributed by atoms with van der Waals surface area (Å²) in [5.74, 6) is 0.671. The predicted molar refractivity (Wildman–Crippen MR) is 154 cm³/mol. The van der Waals surface area contributed by atoms with Gasteiger partial charge in [0.15, 0.2) is 5.17 Å². The van der Waals surface area contributed by atoms with Crippen LogP contribution in [0.15, 0.2) is 64.6 Å². The van der Waals surface area contributed by atoms with Gasteiger partial charge in [-0.15, -0.1) is 0 Å². The van der Waals surface area contributed by atoms with E-state index in [1.807, 2.05) is 73.3 Å². The van der Waals surface area contributed by atoms with Crippen LogP contribution in [0.5, 0.6) is 5.75 Å². The van der Waals surface area contributed by atoms with Crippen molar-refractivity contribution >= 4 is 28.9 Å². The van der Waals surface area contributed by atoms with Gasteiger partial charge in [0.25, 0.3) is 5.91 Å². The first-order valence-electron chi connectivity index (χ1n) is 13.2. The number of benzene rings is 2. The molecule has 1 saturated heterocycles. The van der Waals surface area contributed by atoms with Crippen LogP contribution in [0.2, 0.25) is 0 Å². The van der Waals surface area contributed by atoms with Crippen molar-refractivity contribution in [2.24, 2.45) is 4.99 Å². The number of hydrogen-bond acceptors (Lipinski definition) is 6. The number of rotatable bonds is 7. The molecule has 2 atom stereocenters. The second kappa shape index (κ2) is 11.6. The summed E-state index contributed by atoms with van der Waals surface area (Å²) in [7, 11) is 0. The van der Waals surface area contributed by atoms with Gasteiger partial charge in [-0.25, -0.2) is 4.68 Å². The molecule has 2 unspecified atom stereocenters. The highest BCUT2D eigenvalue weighted by atomic mass is 32.2. The van der Waals surface area contributed by atoms with E-state index in [1.54, 1.807) is 0 Å². The molecule has 0 radical (unpaired) electrons. The van der Waals surface area contributed by atoms with Gasteiger partial charge in [-0.3, -0.25) is 4.79 Å². The smallest absolute Gasteiger partial charge is 0.286 e. The van der Waals surface area contributed by atoms with E-state index in [0.29, 0.717) is 11.5 Å². The summed E-state index contributed by atoms with van der Waals surface area (Å²) in [6, 6.07) is 16.1. The molecule has 38 heavy (non-hydrogen) atoms. The number of para-hydroxylation sites is 1. The molecule has 8 heteroatoms. The van der Waals surface area contributed by atoms with Crippen LogP contribution in [0.25, 0.3) is 23.0 Å². The Balaban J connectivity index is 1.47. The summed E-state index contributed by atoms with van der Waals surface area (Å²) in [4.78, 5) is 20.1. The molecule has 0 saturated carbocycles. The zero-order chi connectivity index (χ0) is 26.6. The van der Waals surface area contributed by atoms with E-state index in [0.717, 1.165) is 64.9 Å². The maximum atomic E-state index is 13.0. The Bertz CT molecular complexity index is 1360. The third-order valence-corrected chi connectivity index (χ3v) is 7.60. The van der Waals surface area contributed by atoms with E-state index in [-0.39, 0.29) is 18.1 Å². The second-order valence-corrected chi connectivity index (χ2v) is 10.9. The Hall–Kier alpha value is -3.36. The molecule has 5 rings (SSSR count). The fourth-order valence-corrected chi connectivity index (χ4v) is 5.65. The molecule has 1 aromatic heterocycles. The number of aliphatic imine (C=N–C) groups is 1. The molecule has 7 nitrogen and oxygen atoms in total. The van der Waals surface area contributed by atoms with Crippen molar-refractivity contribution in [3.8, 4) is 22.7 Å². The number of nitrogens with zero attached hydrogens (tertiary/aromatic N) is 4. The van der Waals surface area contributed by atoms with Crippen LogP contribution >= 0.6 is 11.8 Å². The van der Waals surface area contributed by atoms with Crippen LogP contribution in [0, 0.1) is 6.92 Å². The molecule has 2 aliphatic heterocycles. The molecule has 3 aromatic rings. The Morgan fingerprint density at radius 3 is 2.61 bits per heavy atom. The van der Waals surface area contributed by atoms with Gasteiger partial charge in [-0.2, -0.15) is 10.1 Å². The van der Waals surface area contributed by atoms with Crippen LogP contribution in [-0.2, 0) is 9.53 Å². The van der Waals surface area contributed by atoms with E-state index in [4.69, 9.17) is 14.6 Å². The molecule has 3 heterocycles. The van der Waals surface area contributed by atoms with Gasteiger partial charge in [0.1, 0.15) is 11.4 Å². The van der Waals surface area contributed by atoms with Crippen molar-refractivity contribution in [1.82, 2.24) is 14.7 Å². The standard InChI is InChI=1S/C30H34N4O3S/c1-5-6-14-36-26-13-12-23(15-20(26)2)28-24(19-34(32-28)25-10-8-7-9-11-25)16-27-29(35)31-30(38-27)33-17-21(3)37-22(4)18-33/h7-13,15-16,19,21-22H,5-6,14,17-18H2,1-4H3/b27-16-. The highest BCUT2D eigenvalue weighted by Gasteiger charge is 2.31. The van der Waals surface area contributed by atoms with Crippen molar-refractivity contribution in [2.75, 3.05) is 19.7 Å². The van der Waals surface area contributed by atoms with E-state index in [1.165, 1.54) is 11.8 Å². The van der Waals surface area contributed by atoms with Crippen LogP contribution in [0.1, 0.15) is 44.7 Å². The molecule has 2 aliphatic rings. The highest BCUT2D eigenvalue weighted by Crippen LogP contribution is 2.35. The number of aromatic nitrogens is 2. The zero-order valence-corrected chi connectivity index (χ0v) is 23.2. The normalized spacial score (nSPS) is 20.7. The fourth-order valence-electron chi connectivity index (χ4n) is 4.72. The number of hydrogen-bond donors (Lipinski definition) is 0. The van der Waals surface area contributed by atoms with Crippen LogP contribution in [-0.4, -0.2) is 57.7 Å². The van der Waals surface area contributed by atoms with Crippen molar-refractivity contribution in [2.45, 2.75) is 52.7 Å². The molecule has 198 valence electrons. The molecule has 1 amide bonds. The number of amides is 1. The maximum Gasteiger partial charge on any atom is 0.286 e. The lowest BCUT2D eigenvalue weighted by atomic mass is 10.0. The zero-order valence-electron chi connectivity index (χ0n) is 22.4. The van der Waals surface area contributed by atoms with E-state index >= 15 is 0 Å². The quantitative estimate of drug-likeness (QED) is 0.271. The summed E-state index contributed by atoms with van der Waals surface area (Å²) < 4.78 is 13.7. The minimum atomic E-state index is -0.217. The Morgan fingerprint density at radius 1 is 1.13 bits per heavy atom. The summed E-state index contributed by atoms with van der Waals surface area (Å²) in [6.07, 6.45) is 6.20. The topological polar surface area (TPSA) is 68.9 Å². The van der Waals surface area contributed by atoms with Gasteiger partial charge in [-0.1, -0.05) is 31.5 Å². The minimum Gasteiger partial charge on any atom is -0.493 e. The summed E-state index contributed by atoms with van der Waals surface area (Å²) in [6.45, 7) is 10.5. The number of unbranched alkanes of at least 4 members (excludes halogenated alkanes) is 1. The van der Waals surface area contributed by atoms with Crippen molar-refractivity contribution in [3.63, 3.8) is 0 Å². The lowest BCUT2D eigenvalue weighted by Crippen LogP contribution is -2.47. The van der Waals surface area contributed by atoms with E-state index < -0.39 is 0 Å². The number of carbonyl (C=O) groups excluding carboxylic acids is 1. The minimum absolute atomic E-state index is 0.0954. The average molecular weight is 531 g/mol. The highest BCUT2D eigenvalue weighted by molar-refractivity contribution is 8.18. The summed E-state index contributed by atoms with van der Waals surface area (Å²) in [5.41, 5.74) is 4.65. The Kier molecular flexibility index (Phi) is 8.00. The van der Waals surface area contributed by atoms with Crippen molar-refractivity contribution in [3.05, 3.63) is 70.8 Å². The van der Waals surface area contributed by atoms with Gasteiger partial charge in [0, 0.05) is 30.4 Å². The SMILES string of the molecule is CCCCOc1ccc(-c2nn(-c3ccccc3)cc2/C=C2\SC(N3CC(C)OC(C)C3)=NC2=O)cc1C. The molecule has 0 spiro atoms. The van der Waals surface area contributed by atoms with Crippen molar-refractivity contribution in [1.29, 1.82) is 0 Å². The third-order valence-electron chi connectivity index (χ3n) is 6.55. The summed E-state index contributed by atoms with van der Waals surface area (Å²) in [5, 5.41) is 5.68. The molecular weight excluding hydrogens is 496 g/mol. The monoisotopic (exact) mass is 530 g/mol. The number of ether oxygens (including phenoxy) is 2. The molecule has 2 aromatic carbocycles. The lowest BCUT2D eigenvalue weighted by Gasteiger charge is -2.35. The third kappa shape index (κ3) is 5.87. The largest absolute Gasteiger partial charge is 0.493 e. The predicted octanol–water partition coefficient (Wildman–Crippen LogP) is 6.11.